The van der Waals surface area contributed by atoms with Gasteiger partial charge in [-0.15, -0.1) is 0 Å². The number of nitrogens with zero attached hydrogens (tertiary/aromatic N) is 2. The van der Waals surface area contributed by atoms with Crippen molar-refractivity contribution < 1.29 is 9.47 Å². The Kier molecular flexibility index (Phi) is 7.96. The van der Waals surface area contributed by atoms with Gasteiger partial charge in [0.1, 0.15) is 11.4 Å². The maximum absolute atomic E-state index is 5.71. The molecule has 0 amide bonds. The number of hydrogen-bond donors (Lipinski definition) is 0. The molecule has 0 radical (unpaired) electrons. The van der Waals surface area contributed by atoms with Crippen LogP contribution in [0.3, 0.4) is 0 Å². The van der Waals surface area contributed by atoms with Gasteiger partial charge in [-0.1, -0.05) is 24.8 Å². The largest absolute Gasteiger partial charge is 0.491 e. The molecule has 2 rings (SSSR count). The highest BCUT2D eigenvalue weighted by molar-refractivity contribution is 5.80. The molecule has 1 aromatic heterocycles. The van der Waals surface area contributed by atoms with Crippen LogP contribution in [0.15, 0.2) is 72.5 Å². The summed E-state index contributed by atoms with van der Waals surface area (Å²) < 4.78 is 11.4. The summed E-state index contributed by atoms with van der Waals surface area (Å²) in [6, 6.07) is 11.7. The Morgan fingerprint density at radius 3 is 2.41 bits per heavy atom. The minimum Gasteiger partial charge on any atom is -0.491 e. The van der Waals surface area contributed by atoms with Gasteiger partial charge in [-0.05, 0) is 81.7 Å². The second kappa shape index (κ2) is 10.4. The normalized spacial score (nSPS) is 12.3. The molecule has 4 heteroatoms. The summed E-state index contributed by atoms with van der Waals surface area (Å²) in [7, 11) is 0. The summed E-state index contributed by atoms with van der Waals surface area (Å²) >= 11 is 0. The Labute approximate surface area is 174 Å². The first-order chi connectivity index (χ1) is 13.7. The van der Waals surface area contributed by atoms with E-state index in [9.17, 15) is 0 Å². The number of aliphatic imine (C=N–C) groups is 1. The van der Waals surface area contributed by atoms with Crippen LogP contribution in [0, 0.1) is 0 Å². The minimum absolute atomic E-state index is 0.166. The lowest BCUT2D eigenvalue weighted by molar-refractivity contribution is 0.124. The lowest BCUT2D eigenvalue weighted by Crippen LogP contribution is -2.23. The van der Waals surface area contributed by atoms with Crippen LogP contribution < -0.4 is 9.47 Å². The third-order valence-corrected chi connectivity index (χ3v) is 3.59. The van der Waals surface area contributed by atoms with Gasteiger partial charge < -0.3 is 9.47 Å². The first-order valence-electron chi connectivity index (χ1n) is 9.70. The number of ether oxygens (including phenoxy) is 2. The van der Waals surface area contributed by atoms with E-state index in [0.29, 0.717) is 5.88 Å². The van der Waals surface area contributed by atoms with Gasteiger partial charge in [0.05, 0.1) is 6.10 Å². The van der Waals surface area contributed by atoms with Crippen molar-refractivity contribution >= 4 is 17.9 Å². The zero-order chi connectivity index (χ0) is 21.3. The van der Waals surface area contributed by atoms with E-state index < -0.39 is 0 Å². The summed E-state index contributed by atoms with van der Waals surface area (Å²) in [6.07, 6.45) is 11.1. The number of rotatable bonds is 8. The van der Waals surface area contributed by atoms with Crippen LogP contribution in [-0.4, -0.2) is 22.9 Å². The Morgan fingerprint density at radius 2 is 1.83 bits per heavy atom. The Hall–Kier alpha value is -3.14. The molecule has 0 atom stereocenters. The molecule has 0 saturated carbocycles. The monoisotopic (exact) mass is 390 g/mol. The van der Waals surface area contributed by atoms with Crippen molar-refractivity contribution in [2.24, 2.45) is 4.99 Å². The van der Waals surface area contributed by atoms with Crippen LogP contribution in [-0.2, 0) is 0 Å². The second-order valence-electron chi connectivity index (χ2n) is 7.83. The number of aromatic nitrogens is 1. The Morgan fingerprint density at radius 1 is 1.10 bits per heavy atom. The fraction of sp³-hybridized carbons (Fsp3) is 0.280. The molecule has 0 saturated heterocycles. The van der Waals surface area contributed by atoms with Gasteiger partial charge in [-0.2, -0.15) is 0 Å². The highest BCUT2D eigenvalue weighted by Crippen LogP contribution is 2.19. The zero-order valence-corrected chi connectivity index (χ0v) is 17.9. The average Bonchev–Trinajstić information content (AvgIpc) is 2.64. The molecule has 2 aromatic rings. The molecule has 0 fully saturated rings. The van der Waals surface area contributed by atoms with Gasteiger partial charge in [0.25, 0.3) is 0 Å². The highest BCUT2D eigenvalue weighted by Gasteiger charge is 2.11. The molecule has 0 aliphatic carbocycles. The molecule has 29 heavy (non-hydrogen) atoms. The molecule has 0 bridgehead atoms. The molecule has 0 unspecified atom stereocenters. The van der Waals surface area contributed by atoms with E-state index in [2.05, 4.69) is 16.6 Å². The molecular formula is C25H30N2O2. The number of hydrogen-bond acceptors (Lipinski definition) is 4. The maximum atomic E-state index is 5.71. The van der Waals surface area contributed by atoms with E-state index in [1.165, 1.54) is 0 Å². The van der Waals surface area contributed by atoms with E-state index in [1.54, 1.807) is 18.6 Å². The van der Waals surface area contributed by atoms with Crippen molar-refractivity contribution in [3.63, 3.8) is 0 Å². The number of allylic oxidation sites excluding steroid dienone is 3. The van der Waals surface area contributed by atoms with Crippen molar-refractivity contribution in [2.45, 2.75) is 46.3 Å². The predicted octanol–water partition coefficient (Wildman–Crippen LogP) is 6.36. The Bertz CT molecular complexity index is 869. The van der Waals surface area contributed by atoms with Crippen LogP contribution in [0.25, 0.3) is 11.6 Å². The number of pyridine rings is 1. The van der Waals surface area contributed by atoms with E-state index in [1.807, 2.05) is 89.2 Å². The van der Waals surface area contributed by atoms with Gasteiger partial charge in [-0.25, -0.2) is 4.98 Å². The van der Waals surface area contributed by atoms with Gasteiger partial charge in [-0.3, -0.25) is 4.99 Å². The Balaban J connectivity index is 1.84. The van der Waals surface area contributed by atoms with Crippen molar-refractivity contribution in [3.05, 3.63) is 78.7 Å². The standard InChI is InChI=1S/C25H30N2O2/c1-19(2)28-23-12-10-22(11-13-23)20(3)8-7-16-26-17-15-21-9-14-24(27-18-21)29-25(4,5)6/h7-19H,3H2,1-2,4-6H3/b8-7-,17-15+,26-16+. The van der Waals surface area contributed by atoms with E-state index in [-0.39, 0.29) is 11.7 Å². The minimum atomic E-state index is -0.255. The molecule has 4 nitrogen and oxygen atoms in total. The fourth-order valence-corrected chi connectivity index (χ4v) is 2.37. The summed E-state index contributed by atoms with van der Waals surface area (Å²) in [6.45, 7) is 14.1. The van der Waals surface area contributed by atoms with Crippen molar-refractivity contribution in [2.75, 3.05) is 0 Å². The predicted molar refractivity (Wildman–Crippen MR) is 123 cm³/mol. The lowest BCUT2D eigenvalue weighted by atomic mass is 10.1. The van der Waals surface area contributed by atoms with Crippen LogP contribution in [0.1, 0.15) is 45.7 Å². The van der Waals surface area contributed by atoms with Crippen LogP contribution in [0.5, 0.6) is 11.6 Å². The lowest BCUT2D eigenvalue weighted by Gasteiger charge is -2.20. The first kappa shape index (κ1) is 22.2. The summed E-state index contributed by atoms with van der Waals surface area (Å²) in [5, 5.41) is 0. The quantitative estimate of drug-likeness (QED) is 0.389. The SMILES string of the molecule is C=C(\C=C/C=N/C=C/c1ccc(OC(C)(C)C)nc1)c1ccc(OC(C)C)cc1. The summed E-state index contributed by atoms with van der Waals surface area (Å²) in [5.74, 6) is 1.48. The summed E-state index contributed by atoms with van der Waals surface area (Å²) in [4.78, 5) is 8.55. The summed E-state index contributed by atoms with van der Waals surface area (Å²) in [5.41, 5.74) is 2.66. The molecule has 152 valence electrons. The smallest absolute Gasteiger partial charge is 0.213 e. The number of benzene rings is 1. The maximum Gasteiger partial charge on any atom is 0.213 e. The molecule has 0 spiro atoms. The molecule has 0 aliphatic heterocycles. The average molecular weight is 391 g/mol. The van der Waals surface area contributed by atoms with E-state index in [0.717, 1.165) is 22.4 Å². The molecule has 1 heterocycles. The van der Waals surface area contributed by atoms with Gasteiger partial charge in [0, 0.05) is 24.7 Å². The fourth-order valence-electron chi connectivity index (χ4n) is 2.37. The molecule has 1 aromatic carbocycles. The van der Waals surface area contributed by atoms with Gasteiger partial charge >= 0.3 is 0 Å². The van der Waals surface area contributed by atoms with Gasteiger partial charge in [0.15, 0.2) is 0 Å². The molecular weight excluding hydrogens is 360 g/mol. The van der Waals surface area contributed by atoms with Crippen LogP contribution >= 0.6 is 0 Å². The van der Waals surface area contributed by atoms with Crippen molar-refractivity contribution in [3.8, 4) is 11.6 Å². The third kappa shape index (κ3) is 8.60. The first-order valence-corrected chi connectivity index (χ1v) is 9.70. The van der Waals surface area contributed by atoms with Crippen LogP contribution in [0.2, 0.25) is 0 Å². The topological polar surface area (TPSA) is 43.7 Å². The van der Waals surface area contributed by atoms with Gasteiger partial charge in [0.2, 0.25) is 5.88 Å². The van der Waals surface area contributed by atoms with E-state index >= 15 is 0 Å². The zero-order valence-electron chi connectivity index (χ0n) is 17.9. The second-order valence-corrected chi connectivity index (χ2v) is 7.83. The highest BCUT2D eigenvalue weighted by atomic mass is 16.5. The van der Waals surface area contributed by atoms with Crippen LogP contribution in [0.4, 0.5) is 0 Å². The van der Waals surface area contributed by atoms with Crippen molar-refractivity contribution in [1.29, 1.82) is 0 Å². The molecule has 0 N–H and O–H groups in total. The van der Waals surface area contributed by atoms with Crippen molar-refractivity contribution in [1.82, 2.24) is 4.98 Å². The molecule has 0 aliphatic rings. The third-order valence-electron chi connectivity index (χ3n) is 3.59. The van der Waals surface area contributed by atoms with E-state index in [4.69, 9.17) is 9.47 Å².